The molecule has 24 heavy (non-hydrogen) atoms. The zero-order valence-corrected chi connectivity index (χ0v) is 16.3. The molecule has 0 atom stereocenters. The summed E-state index contributed by atoms with van der Waals surface area (Å²) in [5.74, 6) is 0. The number of sulfone groups is 1. The fourth-order valence-corrected chi connectivity index (χ4v) is 5.70. The third kappa shape index (κ3) is 2.24. The third-order valence-electron chi connectivity index (χ3n) is 3.95. The summed E-state index contributed by atoms with van der Waals surface area (Å²) in [5, 5.41) is 0. The van der Waals surface area contributed by atoms with Gasteiger partial charge in [-0.15, -0.1) is 0 Å². The van der Waals surface area contributed by atoms with Crippen LogP contribution in [0, 0.1) is 0 Å². The van der Waals surface area contributed by atoms with E-state index in [2.05, 4.69) is 31.9 Å². The molecule has 120 valence electrons. The summed E-state index contributed by atoms with van der Waals surface area (Å²) in [7, 11) is -3.56. The Morgan fingerprint density at radius 3 is 2.00 bits per heavy atom. The Kier molecular flexibility index (Phi) is 3.78. The fraction of sp³-hybridized carbons (Fsp3) is 0. The van der Waals surface area contributed by atoms with Crippen molar-refractivity contribution in [2.24, 2.45) is 0 Å². The highest BCUT2D eigenvalue weighted by atomic mass is 79.9. The largest absolute Gasteiger partial charge is 0.306 e. The lowest BCUT2D eigenvalue weighted by atomic mass is 10.2. The van der Waals surface area contributed by atoms with Crippen molar-refractivity contribution in [1.82, 2.24) is 0 Å². The van der Waals surface area contributed by atoms with Crippen LogP contribution in [0.5, 0.6) is 0 Å². The van der Waals surface area contributed by atoms with Crippen molar-refractivity contribution in [1.29, 1.82) is 0 Å². The first-order valence-electron chi connectivity index (χ1n) is 7.19. The van der Waals surface area contributed by atoms with E-state index in [0.29, 0.717) is 21.2 Å². The highest BCUT2D eigenvalue weighted by Gasteiger charge is 2.36. The molecule has 0 amide bonds. The van der Waals surface area contributed by atoms with E-state index in [-0.39, 0.29) is 0 Å². The lowest BCUT2D eigenvalue weighted by Crippen LogP contribution is -2.22. The van der Waals surface area contributed by atoms with Gasteiger partial charge in [-0.05, 0) is 68.3 Å². The summed E-state index contributed by atoms with van der Waals surface area (Å²) < 4.78 is 27.7. The van der Waals surface area contributed by atoms with E-state index in [1.165, 1.54) is 0 Å². The van der Waals surface area contributed by atoms with Gasteiger partial charge in [-0.25, -0.2) is 8.42 Å². The molecule has 3 nitrogen and oxygen atoms in total. The molecule has 3 aromatic carbocycles. The summed E-state index contributed by atoms with van der Waals surface area (Å²) in [6.45, 7) is 0. The Bertz CT molecular complexity index is 1060. The van der Waals surface area contributed by atoms with Crippen LogP contribution in [-0.2, 0) is 9.84 Å². The second-order valence-corrected chi connectivity index (χ2v) is 8.94. The lowest BCUT2D eigenvalue weighted by molar-refractivity contribution is 0.595. The normalized spacial score (nSPS) is 14.8. The number of benzene rings is 3. The summed E-state index contributed by atoms with van der Waals surface area (Å²) in [6, 6.07) is 20.1. The molecule has 0 bridgehead atoms. The molecule has 0 saturated heterocycles. The topological polar surface area (TPSA) is 37.4 Å². The standard InChI is InChI=1S/C18H11Br2NO2S/c19-12-6-1-2-8-14(12)21-15-9-3-4-10-16(15)24(22,23)17-11-5-7-13(20)18(17)21/h1-11H. The number of hydrogen-bond donors (Lipinski definition) is 0. The van der Waals surface area contributed by atoms with Gasteiger partial charge in [-0.3, -0.25) is 0 Å². The zero-order valence-electron chi connectivity index (χ0n) is 12.3. The number of anilines is 3. The summed E-state index contributed by atoms with van der Waals surface area (Å²) in [4.78, 5) is 2.58. The van der Waals surface area contributed by atoms with E-state index in [1.807, 2.05) is 47.4 Å². The minimum absolute atomic E-state index is 0.298. The molecule has 0 spiro atoms. The number of rotatable bonds is 1. The summed E-state index contributed by atoms with van der Waals surface area (Å²) in [5.41, 5.74) is 2.15. The van der Waals surface area contributed by atoms with Gasteiger partial charge in [-0.1, -0.05) is 30.3 Å². The molecule has 1 heterocycles. The van der Waals surface area contributed by atoms with Gasteiger partial charge in [-0.2, -0.15) is 0 Å². The minimum Gasteiger partial charge on any atom is -0.306 e. The van der Waals surface area contributed by atoms with E-state index >= 15 is 0 Å². The second-order valence-electron chi connectivity index (χ2n) is 5.34. The first-order chi connectivity index (χ1) is 11.5. The number of fused-ring (bicyclic) bond motifs is 2. The van der Waals surface area contributed by atoms with Crippen LogP contribution in [0.3, 0.4) is 0 Å². The van der Waals surface area contributed by atoms with Crippen LogP contribution in [0.2, 0.25) is 0 Å². The van der Waals surface area contributed by atoms with Crippen molar-refractivity contribution < 1.29 is 8.42 Å². The molecule has 1 aliphatic rings. The molecular formula is C18H11Br2NO2S. The van der Waals surface area contributed by atoms with Crippen LogP contribution >= 0.6 is 31.9 Å². The minimum atomic E-state index is -3.56. The second kappa shape index (κ2) is 5.72. The van der Waals surface area contributed by atoms with Gasteiger partial charge < -0.3 is 4.90 Å². The number of nitrogens with zero attached hydrogens (tertiary/aromatic N) is 1. The van der Waals surface area contributed by atoms with Gasteiger partial charge in [0.25, 0.3) is 0 Å². The Morgan fingerprint density at radius 1 is 0.667 bits per heavy atom. The van der Waals surface area contributed by atoms with Crippen molar-refractivity contribution in [2.45, 2.75) is 9.79 Å². The smallest absolute Gasteiger partial charge is 0.210 e. The van der Waals surface area contributed by atoms with Gasteiger partial charge in [0.1, 0.15) is 0 Å². The molecule has 1 aliphatic heterocycles. The third-order valence-corrected chi connectivity index (χ3v) is 7.10. The first-order valence-corrected chi connectivity index (χ1v) is 10.3. The molecule has 0 fully saturated rings. The van der Waals surface area contributed by atoms with Crippen LogP contribution in [0.25, 0.3) is 0 Å². The Labute approximate surface area is 157 Å². The predicted molar refractivity (Wildman–Crippen MR) is 102 cm³/mol. The molecule has 0 aliphatic carbocycles. The van der Waals surface area contributed by atoms with Gasteiger partial charge in [0.05, 0.1) is 26.9 Å². The van der Waals surface area contributed by atoms with E-state index in [0.717, 1.165) is 14.6 Å². The Balaban J connectivity index is 2.15. The van der Waals surface area contributed by atoms with Gasteiger partial charge in [0, 0.05) is 8.95 Å². The van der Waals surface area contributed by atoms with E-state index < -0.39 is 9.84 Å². The van der Waals surface area contributed by atoms with Crippen molar-refractivity contribution >= 4 is 58.8 Å². The molecule has 3 aromatic rings. The number of para-hydroxylation sites is 3. The monoisotopic (exact) mass is 463 g/mol. The lowest BCUT2D eigenvalue weighted by Gasteiger charge is -2.34. The number of halogens is 2. The highest BCUT2D eigenvalue weighted by Crippen LogP contribution is 2.51. The van der Waals surface area contributed by atoms with Gasteiger partial charge in [0.15, 0.2) is 0 Å². The maximum Gasteiger partial charge on any atom is 0.210 e. The molecule has 6 heteroatoms. The predicted octanol–water partition coefficient (Wildman–Crippen LogP) is 5.83. The van der Waals surface area contributed by atoms with Gasteiger partial charge in [0.2, 0.25) is 9.84 Å². The van der Waals surface area contributed by atoms with Crippen LogP contribution in [0.4, 0.5) is 17.1 Å². The average Bonchev–Trinajstić information content (AvgIpc) is 2.57. The number of hydrogen-bond acceptors (Lipinski definition) is 3. The van der Waals surface area contributed by atoms with Crippen LogP contribution in [0.15, 0.2) is 85.5 Å². The molecule has 0 saturated carbocycles. The molecule has 0 N–H and O–H groups in total. The zero-order chi connectivity index (χ0) is 16.9. The van der Waals surface area contributed by atoms with Crippen LogP contribution in [-0.4, -0.2) is 8.42 Å². The quantitative estimate of drug-likeness (QED) is 0.355. The van der Waals surface area contributed by atoms with Crippen molar-refractivity contribution in [3.63, 3.8) is 0 Å². The molecule has 0 unspecified atom stereocenters. The maximum absolute atomic E-state index is 13.1. The molecule has 4 rings (SSSR count). The maximum atomic E-state index is 13.1. The van der Waals surface area contributed by atoms with Crippen LogP contribution < -0.4 is 4.90 Å². The summed E-state index contributed by atoms with van der Waals surface area (Å²) >= 11 is 7.11. The van der Waals surface area contributed by atoms with Crippen molar-refractivity contribution in [3.8, 4) is 0 Å². The van der Waals surface area contributed by atoms with Crippen molar-refractivity contribution in [3.05, 3.63) is 75.7 Å². The van der Waals surface area contributed by atoms with E-state index in [1.54, 1.807) is 24.3 Å². The van der Waals surface area contributed by atoms with Crippen molar-refractivity contribution in [2.75, 3.05) is 4.90 Å². The summed E-state index contributed by atoms with van der Waals surface area (Å²) in [6.07, 6.45) is 0. The van der Waals surface area contributed by atoms with E-state index in [4.69, 9.17) is 0 Å². The first kappa shape index (κ1) is 15.9. The molecule has 0 aromatic heterocycles. The molecule has 0 radical (unpaired) electrons. The van der Waals surface area contributed by atoms with E-state index in [9.17, 15) is 8.42 Å². The van der Waals surface area contributed by atoms with Crippen LogP contribution in [0.1, 0.15) is 0 Å². The average molecular weight is 465 g/mol. The fourth-order valence-electron chi connectivity index (χ4n) is 2.92. The SMILES string of the molecule is O=S1(=O)c2ccccc2N(c2ccccc2Br)c2c(Br)cccc21. The Morgan fingerprint density at radius 2 is 1.25 bits per heavy atom. The van der Waals surface area contributed by atoms with Gasteiger partial charge >= 0.3 is 0 Å². The Hall–Kier alpha value is -1.63. The molecular weight excluding hydrogens is 454 g/mol. The highest BCUT2D eigenvalue weighted by molar-refractivity contribution is 9.11.